The third-order valence-electron chi connectivity index (χ3n) is 2.40. The number of carbonyl (C=O) groups is 1. The van der Waals surface area contributed by atoms with Crippen molar-refractivity contribution < 1.29 is 14.3 Å². The average molecular weight is 233 g/mol. The number of benzene rings is 1. The molecule has 0 N–H and O–H groups in total. The van der Waals surface area contributed by atoms with E-state index in [1.54, 1.807) is 6.92 Å². The van der Waals surface area contributed by atoms with Crippen molar-refractivity contribution in [2.45, 2.75) is 19.1 Å². The molecule has 0 aliphatic rings. The summed E-state index contributed by atoms with van der Waals surface area (Å²) in [6.45, 7) is 8.65. The van der Waals surface area contributed by atoms with Gasteiger partial charge in [0.15, 0.2) is 0 Å². The van der Waals surface area contributed by atoms with Gasteiger partial charge >= 0.3 is 5.97 Å². The molecule has 90 valence electrons. The van der Waals surface area contributed by atoms with Crippen LogP contribution in [0.4, 0.5) is 0 Å². The zero-order valence-corrected chi connectivity index (χ0v) is 9.97. The van der Waals surface area contributed by atoms with Crippen LogP contribution in [0.5, 0.6) is 0 Å². The Morgan fingerprint density at radius 3 is 2.59 bits per heavy atom. The molecule has 0 radical (unpaired) electrons. The highest BCUT2D eigenvalue weighted by atomic mass is 16.6. The second kappa shape index (κ2) is 6.02. The van der Waals surface area contributed by atoms with E-state index in [2.05, 4.69) is 9.58 Å². The molecule has 17 heavy (non-hydrogen) atoms. The van der Waals surface area contributed by atoms with E-state index in [4.69, 9.17) is 11.3 Å². The van der Waals surface area contributed by atoms with Crippen molar-refractivity contribution in [3.63, 3.8) is 0 Å². The summed E-state index contributed by atoms with van der Waals surface area (Å²) in [6.07, 6.45) is 0. The molecule has 0 fully saturated rings. The summed E-state index contributed by atoms with van der Waals surface area (Å²) in [6, 6.07) is 9.49. The first-order chi connectivity index (χ1) is 8.12. The summed E-state index contributed by atoms with van der Waals surface area (Å²) in [5.74, 6) is -0.524. The molecule has 0 aliphatic carbocycles. The van der Waals surface area contributed by atoms with Crippen molar-refractivity contribution in [2.24, 2.45) is 0 Å². The van der Waals surface area contributed by atoms with Crippen molar-refractivity contribution in [1.29, 1.82) is 0 Å². The maximum atomic E-state index is 11.6. The standard InChI is InChI=1S/C13H15NO3/c1-13(10-14-2,12(15)16-3)17-9-11-7-5-4-6-8-11/h4-8H,9-10H2,1,3H3. The Bertz CT molecular complexity index is 410. The molecule has 1 atom stereocenters. The molecule has 1 rings (SSSR count). The van der Waals surface area contributed by atoms with E-state index in [9.17, 15) is 4.79 Å². The van der Waals surface area contributed by atoms with Crippen molar-refractivity contribution in [3.05, 3.63) is 47.3 Å². The number of nitrogens with zero attached hydrogens (tertiary/aromatic N) is 1. The lowest BCUT2D eigenvalue weighted by atomic mass is 10.1. The van der Waals surface area contributed by atoms with Gasteiger partial charge in [0, 0.05) is 0 Å². The minimum atomic E-state index is -1.20. The Labute approximate surface area is 101 Å². The fourth-order valence-corrected chi connectivity index (χ4v) is 1.35. The quantitative estimate of drug-likeness (QED) is 0.577. The molecule has 0 saturated heterocycles. The summed E-state index contributed by atoms with van der Waals surface area (Å²) in [5.41, 5.74) is -0.251. The van der Waals surface area contributed by atoms with Gasteiger partial charge in [-0.3, -0.25) is 0 Å². The van der Waals surface area contributed by atoms with Crippen LogP contribution in [0.1, 0.15) is 12.5 Å². The van der Waals surface area contributed by atoms with Gasteiger partial charge in [0.05, 0.1) is 13.7 Å². The summed E-state index contributed by atoms with van der Waals surface area (Å²) >= 11 is 0. The van der Waals surface area contributed by atoms with E-state index in [-0.39, 0.29) is 13.2 Å². The molecule has 0 bridgehead atoms. The van der Waals surface area contributed by atoms with Gasteiger partial charge in [0.2, 0.25) is 5.60 Å². The Morgan fingerprint density at radius 1 is 1.41 bits per heavy atom. The van der Waals surface area contributed by atoms with E-state index < -0.39 is 11.6 Å². The van der Waals surface area contributed by atoms with Gasteiger partial charge in [-0.05, 0) is 12.5 Å². The molecular formula is C13H15NO3. The van der Waals surface area contributed by atoms with Crippen LogP contribution in [-0.4, -0.2) is 25.2 Å². The Balaban J connectivity index is 2.69. The van der Waals surface area contributed by atoms with Crippen LogP contribution in [0.2, 0.25) is 0 Å². The van der Waals surface area contributed by atoms with Gasteiger partial charge in [-0.15, -0.1) is 0 Å². The lowest BCUT2D eigenvalue weighted by molar-refractivity contribution is -0.166. The fraction of sp³-hybridized carbons (Fsp3) is 0.385. The second-order valence-electron chi connectivity index (χ2n) is 3.81. The molecule has 1 unspecified atom stereocenters. The van der Waals surface area contributed by atoms with Crippen molar-refractivity contribution in [1.82, 2.24) is 0 Å². The van der Waals surface area contributed by atoms with E-state index in [0.717, 1.165) is 5.56 Å². The highest BCUT2D eigenvalue weighted by Crippen LogP contribution is 2.16. The Kier molecular flexibility index (Phi) is 4.68. The number of esters is 1. The molecular weight excluding hydrogens is 218 g/mol. The van der Waals surface area contributed by atoms with Crippen LogP contribution >= 0.6 is 0 Å². The van der Waals surface area contributed by atoms with Crippen LogP contribution < -0.4 is 0 Å². The zero-order valence-electron chi connectivity index (χ0n) is 9.97. The molecule has 0 aromatic heterocycles. The number of hydrogen-bond acceptors (Lipinski definition) is 3. The highest BCUT2D eigenvalue weighted by molar-refractivity contribution is 5.79. The summed E-state index contributed by atoms with van der Waals surface area (Å²) in [5, 5.41) is 0. The third kappa shape index (κ3) is 3.58. The first kappa shape index (κ1) is 13.2. The van der Waals surface area contributed by atoms with E-state index in [1.165, 1.54) is 7.11 Å². The third-order valence-corrected chi connectivity index (χ3v) is 2.40. The second-order valence-corrected chi connectivity index (χ2v) is 3.81. The van der Waals surface area contributed by atoms with Crippen LogP contribution in [0.25, 0.3) is 4.85 Å². The van der Waals surface area contributed by atoms with E-state index in [1.807, 2.05) is 30.3 Å². The molecule has 0 heterocycles. The first-order valence-electron chi connectivity index (χ1n) is 5.22. The van der Waals surface area contributed by atoms with Gasteiger partial charge < -0.3 is 14.3 Å². The maximum Gasteiger partial charge on any atom is 0.345 e. The van der Waals surface area contributed by atoms with Gasteiger partial charge in [0.25, 0.3) is 6.54 Å². The predicted octanol–water partition coefficient (Wildman–Crippen LogP) is 2.05. The van der Waals surface area contributed by atoms with Crippen LogP contribution in [0.3, 0.4) is 0 Å². The SMILES string of the molecule is [C-]#[N+]CC(C)(OCc1ccccc1)C(=O)OC. The van der Waals surface area contributed by atoms with E-state index in [0.29, 0.717) is 0 Å². The van der Waals surface area contributed by atoms with Crippen LogP contribution in [0, 0.1) is 6.57 Å². The van der Waals surface area contributed by atoms with Crippen molar-refractivity contribution >= 4 is 5.97 Å². The molecule has 0 saturated carbocycles. The minimum Gasteiger partial charge on any atom is -0.467 e. The maximum absolute atomic E-state index is 11.6. The van der Waals surface area contributed by atoms with Crippen molar-refractivity contribution in [3.8, 4) is 0 Å². The molecule has 1 aromatic rings. The van der Waals surface area contributed by atoms with E-state index >= 15 is 0 Å². The predicted molar refractivity (Wildman–Crippen MR) is 63.1 cm³/mol. The smallest absolute Gasteiger partial charge is 0.345 e. The number of rotatable bonds is 5. The van der Waals surface area contributed by atoms with Crippen LogP contribution in [0.15, 0.2) is 30.3 Å². The topological polar surface area (TPSA) is 39.9 Å². The van der Waals surface area contributed by atoms with Gasteiger partial charge in [0.1, 0.15) is 0 Å². The van der Waals surface area contributed by atoms with Crippen LogP contribution in [-0.2, 0) is 20.9 Å². The molecule has 4 nitrogen and oxygen atoms in total. The molecule has 4 heteroatoms. The van der Waals surface area contributed by atoms with Gasteiger partial charge in [-0.2, -0.15) is 0 Å². The minimum absolute atomic E-state index is 0.0491. The number of ether oxygens (including phenoxy) is 2. The average Bonchev–Trinajstić information content (AvgIpc) is 2.37. The lowest BCUT2D eigenvalue weighted by Crippen LogP contribution is -2.41. The number of carbonyl (C=O) groups excluding carboxylic acids is 1. The number of methoxy groups -OCH3 is 1. The highest BCUT2D eigenvalue weighted by Gasteiger charge is 2.39. The Hall–Kier alpha value is -1.86. The monoisotopic (exact) mass is 233 g/mol. The van der Waals surface area contributed by atoms with Gasteiger partial charge in [-0.25, -0.2) is 11.4 Å². The Morgan fingerprint density at radius 2 is 2.06 bits per heavy atom. The number of hydrogen-bond donors (Lipinski definition) is 0. The zero-order chi connectivity index (χ0) is 12.7. The van der Waals surface area contributed by atoms with Crippen molar-refractivity contribution in [2.75, 3.05) is 13.7 Å². The van der Waals surface area contributed by atoms with Gasteiger partial charge in [-0.1, -0.05) is 30.3 Å². The molecule has 0 aliphatic heterocycles. The summed E-state index contributed by atoms with van der Waals surface area (Å²) < 4.78 is 10.2. The first-order valence-corrected chi connectivity index (χ1v) is 5.22. The molecule has 0 amide bonds. The molecule has 0 spiro atoms. The largest absolute Gasteiger partial charge is 0.467 e. The normalized spacial score (nSPS) is 13.5. The lowest BCUT2D eigenvalue weighted by Gasteiger charge is -2.21. The molecule has 1 aromatic carbocycles. The summed E-state index contributed by atoms with van der Waals surface area (Å²) in [7, 11) is 1.29. The summed E-state index contributed by atoms with van der Waals surface area (Å²) in [4.78, 5) is 14.8. The fourth-order valence-electron chi connectivity index (χ4n) is 1.35.